The Kier molecular flexibility index (Phi) is 8.15. The number of hydrogen-bond donors (Lipinski definition) is 0. The molecule has 7 heteroatoms. The molecule has 0 radical (unpaired) electrons. The Hall–Kier alpha value is -3.16. The van der Waals surface area contributed by atoms with E-state index >= 15 is 0 Å². The molecule has 0 bridgehead atoms. The average Bonchev–Trinajstić information content (AvgIpc) is 3.60. The van der Waals surface area contributed by atoms with Gasteiger partial charge in [-0.15, -0.1) is 11.3 Å². The maximum Gasteiger partial charge on any atom is 0.254 e. The summed E-state index contributed by atoms with van der Waals surface area (Å²) in [6, 6.07) is 15.6. The first-order chi connectivity index (χ1) is 18.4. The van der Waals surface area contributed by atoms with E-state index < -0.39 is 0 Å². The van der Waals surface area contributed by atoms with Gasteiger partial charge < -0.3 is 19.3 Å². The summed E-state index contributed by atoms with van der Waals surface area (Å²) in [5.41, 5.74) is 5.10. The highest BCUT2D eigenvalue weighted by molar-refractivity contribution is 7.10. The monoisotopic (exact) mass is 532 g/mol. The van der Waals surface area contributed by atoms with E-state index in [2.05, 4.69) is 24.4 Å². The third kappa shape index (κ3) is 5.94. The molecule has 0 N–H and O–H groups in total. The maximum absolute atomic E-state index is 13.9. The van der Waals surface area contributed by atoms with Crippen LogP contribution in [0.2, 0.25) is 0 Å². The first kappa shape index (κ1) is 26.4. The molecule has 38 heavy (non-hydrogen) atoms. The lowest BCUT2D eigenvalue weighted by Crippen LogP contribution is -2.49. The number of thiophene rings is 1. The van der Waals surface area contributed by atoms with E-state index in [1.54, 1.807) is 16.2 Å². The predicted octanol–water partition coefficient (Wildman–Crippen LogP) is 5.50. The van der Waals surface area contributed by atoms with Crippen LogP contribution in [0, 0.1) is 20.8 Å². The second-order valence-corrected chi connectivity index (χ2v) is 11.4. The summed E-state index contributed by atoms with van der Waals surface area (Å²) in [6.45, 7) is 8.23. The van der Waals surface area contributed by atoms with Crippen LogP contribution in [0.3, 0.4) is 0 Å². The van der Waals surface area contributed by atoms with Crippen LogP contribution in [0.5, 0.6) is 5.75 Å². The summed E-state index contributed by atoms with van der Waals surface area (Å²) in [5.74, 6) is 0.639. The van der Waals surface area contributed by atoms with E-state index in [0.717, 1.165) is 41.7 Å². The predicted molar refractivity (Wildman–Crippen MR) is 150 cm³/mol. The lowest BCUT2D eigenvalue weighted by molar-refractivity contribution is -0.135. The summed E-state index contributed by atoms with van der Waals surface area (Å²) in [7, 11) is 0. The molecular formula is C31H36N2O4S. The van der Waals surface area contributed by atoms with Gasteiger partial charge in [0.2, 0.25) is 5.91 Å². The number of nitrogens with zero attached hydrogens (tertiary/aromatic N) is 2. The van der Waals surface area contributed by atoms with Crippen LogP contribution >= 0.6 is 11.3 Å². The standard InChI is InChI=1S/C31H36N2O4S/c1-21-6-9-24(10-7-21)31(35)32(18-25-5-4-15-36-25)19-30(34)33-14-12-29-26(13-16-38-29)27(33)20-37-28-11-8-22(2)17-23(28)3/h6-11,13,16-17,25,27H,4-5,12,14-15,18-20H2,1-3H3/t25-,27+/m1/s1. The van der Waals surface area contributed by atoms with Crippen molar-refractivity contribution in [3.05, 3.63) is 86.6 Å². The average molecular weight is 533 g/mol. The molecule has 0 unspecified atom stereocenters. The third-order valence-corrected chi connectivity index (χ3v) is 8.50. The Balaban J connectivity index is 1.36. The van der Waals surface area contributed by atoms with Crippen molar-refractivity contribution in [3.8, 4) is 5.75 Å². The van der Waals surface area contributed by atoms with Crippen LogP contribution < -0.4 is 4.74 Å². The lowest BCUT2D eigenvalue weighted by atomic mass is 10.00. The Morgan fingerprint density at radius 2 is 1.87 bits per heavy atom. The zero-order valence-electron chi connectivity index (χ0n) is 22.4. The van der Waals surface area contributed by atoms with E-state index in [4.69, 9.17) is 9.47 Å². The van der Waals surface area contributed by atoms with Crippen molar-refractivity contribution in [2.24, 2.45) is 0 Å². The molecule has 3 aromatic rings. The van der Waals surface area contributed by atoms with Crippen molar-refractivity contribution >= 4 is 23.2 Å². The molecule has 0 spiro atoms. The minimum Gasteiger partial charge on any atom is -0.491 e. The molecule has 0 aliphatic carbocycles. The van der Waals surface area contributed by atoms with E-state index in [0.29, 0.717) is 31.9 Å². The summed E-state index contributed by atoms with van der Waals surface area (Å²) >= 11 is 1.73. The van der Waals surface area contributed by atoms with Gasteiger partial charge in [0.05, 0.1) is 12.1 Å². The fourth-order valence-corrected chi connectivity index (χ4v) is 6.32. The number of rotatable bonds is 8. The summed E-state index contributed by atoms with van der Waals surface area (Å²) in [5, 5.41) is 2.09. The van der Waals surface area contributed by atoms with Crippen molar-refractivity contribution < 1.29 is 19.1 Å². The minimum absolute atomic E-state index is 0.0199. The molecule has 2 amide bonds. The van der Waals surface area contributed by atoms with Crippen LogP contribution in [0.25, 0.3) is 0 Å². The molecule has 200 valence electrons. The Labute approximate surface area is 229 Å². The first-order valence-corrected chi connectivity index (χ1v) is 14.3. The molecule has 0 saturated carbocycles. The molecule has 3 heterocycles. The molecule has 6 nitrogen and oxygen atoms in total. The van der Waals surface area contributed by atoms with Crippen molar-refractivity contribution in [2.75, 3.05) is 32.8 Å². The number of carbonyl (C=O) groups is 2. The Morgan fingerprint density at radius 1 is 1.08 bits per heavy atom. The topological polar surface area (TPSA) is 59.1 Å². The highest BCUT2D eigenvalue weighted by Crippen LogP contribution is 2.34. The summed E-state index contributed by atoms with van der Waals surface area (Å²) in [6.07, 6.45) is 2.66. The first-order valence-electron chi connectivity index (χ1n) is 13.4. The van der Waals surface area contributed by atoms with E-state index in [1.807, 2.05) is 55.1 Å². The van der Waals surface area contributed by atoms with Gasteiger partial charge in [-0.3, -0.25) is 9.59 Å². The zero-order valence-corrected chi connectivity index (χ0v) is 23.3. The van der Waals surface area contributed by atoms with Gasteiger partial charge in [-0.25, -0.2) is 0 Å². The van der Waals surface area contributed by atoms with Crippen molar-refractivity contribution in [1.29, 1.82) is 0 Å². The molecule has 1 fully saturated rings. The molecule has 1 aromatic heterocycles. The van der Waals surface area contributed by atoms with Crippen molar-refractivity contribution in [2.45, 2.75) is 52.2 Å². The zero-order chi connectivity index (χ0) is 26.6. The van der Waals surface area contributed by atoms with Gasteiger partial charge in [-0.05, 0) is 80.8 Å². The van der Waals surface area contributed by atoms with Crippen LogP contribution in [0.1, 0.15) is 56.4 Å². The van der Waals surface area contributed by atoms with Gasteiger partial charge in [0.25, 0.3) is 5.91 Å². The Bertz CT molecular complexity index is 1280. The number of amides is 2. The second kappa shape index (κ2) is 11.7. The molecule has 2 aliphatic heterocycles. The van der Waals surface area contributed by atoms with E-state index in [9.17, 15) is 9.59 Å². The van der Waals surface area contributed by atoms with Crippen LogP contribution in [-0.2, 0) is 16.0 Å². The number of hydrogen-bond acceptors (Lipinski definition) is 5. The van der Waals surface area contributed by atoms with Crippen molar-refractivity contribution in [1.82, 2.24) is 9.80 Å². The highest BCUT2D eigenvalue weighted by Gasteiger charge is 2.34. The molecule has 1 saturated heterocycles. The molecule has 2 aliphatic rings. The number of benzene rings is 2. The van der Waals surface area contributed by atoms with Gasteiger partial charge in [0.15, 0.2) is 0 Å². The lowest BCUT2D eigenvalue weighted by Gasteiger charge is -2.37. The second-order valence-electron chi connectivity index (χ2n) is 10.4. The number of fused-ring (bicyclic) bond motifs is 1. The molecule has 5 rings (SSSR count). The van der Waals surface area contributed by atoms with Gasteiger partial charge in [0, 0.05) is 30.1 Å². The van der Waals surface area contributed by atoms with Crippen LogP contribution in [-0.4, -0.2) is 60.6 Å². The van der Waals surface area contributed by atoms with Gasteiger partial charge >= 0.3 is 0 Å². The van der Waals surface area contributed by atoms with Gasteiger partial charge in [-0.2, -0.15) is 0 Å². The minimum atomic E-state index is -0.197. The highest BCUT2D eigenvalue weighted by atomic mass is 32.1. The Morgan fingerprint density at radius 3 is 2.61 bits per heavy atom. The van der Waals surface area contributed by atoms with Crippen LogP contribution in [0.4, 0.5) is 0 Å². The van der Waals surface area contributed by atoms with Gasteiger partial charge in [0.1, 0.15) is 18.9 Å². The van der Waals surface area contributed by atoms with E-state index in [1.165, 1.54) is 10.4 Å². The van der Waals surface area contributed by atoms with Gasteiger partial charge in [-0.1, -0.05) is 35.4 Å². The van der Waals surface area contributed by atoms with Crippen LogP contribution in [0.15, 0.2) is 53.9 Å². The summed E-state index contributed by atoms with van der Waals surface area (Å²) < 4.78 is 12.1. The number of ether oxygens (including phenoxy) is 2. The third-order valence-electron chi connectivity index (χ3n) is 7.50. The number of aryl methyl sites for hydroxylation is 3. The fraction of sp³-hybridized carbons (Fsp3) is 0.419. The van der Waals surface area contributed by atoms with E-state index in [-0.39, 0.29) is 30.5 Å². The smallest absolute Gasteiger partial charge is 0.254 e. The van der Waals surface area contributed by atoms with Crippen molar-refractivity contribution in [3.63, 3.8) is 0 Å². The molecular weight excluding hydrogens is 496 g/mol. The fourth-order valence-electron chi connectivity index (χ4n) is 5.39. The maximum atomic E-state index is 13.9. The normalized spacial score (nSPS) is 18.8. The SMILES string of the molecule is Cc1ccc(C(=O)N(CC(=O)N2CCc3sccc3[C@@H]2COc2ccc(C)cc2C)C[C@H]2CCCO2)cc1. The summed E-state index contributed by atoms with van der Waals surface area (Å²) in [4.78, 5) is 32.3. The quantitative estimate of drug-likeness (QED) is 0.385. The largest absolute Gasteiger partial charge is 0.491 e. The number of carbonyl (C=O) groups excluding carboxylic acids is 2. The molecule has 2 aromatic carbocycles. The molecule has 2 atom stereocenters.